The van der Waals surface area contributed by atoms with Gasteiger partial charge in [0.1, 0.15) is 65.6 Å². The number of hydrogen-bond acceptors (Lipinski definition) is 15. The number of likely N-dealkylation sites (tertiary alicyclic amines) is 3. The third-order valence-electron chi connectivity index (χ3n) is 14.6. The predicted molar refractivity (Wildman–Crippen MR) is 342 cm³/mol. The van der Waals surface area contributed by atoms with E-state index in [0.717, 1.165) is 0 Å². The highest BCUT2D eigenvalue weighted by atomic mass is 35.6. The van der Waals surface area contributed by atoms with E-state index >= 15 is 4.79 Å². The molecule has 0 radical (unpaired) electrons. The molecule has 27 heteroatoms. The number of rotatable bonds is 25. The van der Waals surface area contributed by atoms with Crippen molar-refractivity contribution < 1.29 is 57.4 Å². The third kappa shape index (κ3) is 22.4. The zero-order chi connectivity index (χ0) is 66.7. The van der Waals surface area contributed by atoms with Crippen LogP contribution in [0.25, 0.3) is 18.2 Å². The molecule has 3 saturated heterocycles. The van der Waals surface area contributed by atoms with Crippen LogP contribution in [0, 0.1) is 17.8 Å². The molecule has 24 nitrogen and oxygen atoms in total. The van der Waals surface area contributed by atoms with Crippen LogP contribution in [-0.4, -0.2) is 161 Å². The maximum absolute atomic E-state index is 15.0. The Morgan fingerprint density at radius 1 is 0.527 bits per heavy atom. The molecule has 9 amide bonds. The van der Waals surface area contributed by atoms with Gasteiger partial charge in [-0.3, -0.25) is 53.3 Å². The maximum atomic E-state index is 15.0. The number of alkyl halides is 3. The van der Waals surface area contributed by atoms with Gasteiger partial charge in [-0.15, -0.1) is 0 Å². The molecule has 3 aromatic rings. The minimum Gasteiger partial charge on any atom is -0.460 e. The highest BCUT2D eigenvalue weighted by Crippen LogP contribution is 2.29. The Morgan fingerprint density at radius 3 is 1.16 bits per heavy atom. The normalized spacial score (nSPS) is 18.3. The number of nitrogens with zero attached hydrogens (tertiary/aromatic N) is 6. The summed E-state index contributed by atoms with van der Waals surface area (Å²) in [6, 6.07) is 2.91. The average molecular weight is 1320 g/mol. The van der Waals surface area contributed by atoms with E-state index in [4.69, 9.17) is 44.3 Å². The van der Waals surface area contributed by atoms with Crippen LogP contribution >= 0.6 is 34.8 Å². The van der Waals surface area contributed by atoms with Crippen molar-refractivity contribution in [3.8, 4) is 0 Å². The van der Waals surface area contributed by atoms with E-state index in [-0.39, 0.29) is 93.0 Å². The van der Waals surface area contributed by atoms with Gasteiger partial charge in [-0.05, 0) is 149 Å². The van der Waals surface area contributed by atoms with Gasteiger partial charge >= 0.3 is 12.1 Å². The fraction of sp³-hybridized carbons (Fsp3) is 0.516. The maximum Gasteiger partial charge on any atom is 0.408 e. The molecule has 0 bridgehead atoms. The Bertz CT molecular complexity index is 3170. The lowest BCUT2D eigenvalue weighted by Gasteiger charge is -2.30. The van der Waals surface area contributed by atoms with Crippen molar-refractivity contribution in [2.24, 2.45) is 17.8 Å². The van der Waals surface area contributed by atoms with Gasteiger partial charge in [-0.2, -0.15) is 0 Å². The molecule has 0 spiro atoms. The molecule has 492 valence electrons. The summed E-state index contributed by atoms with van der Waals surface area (Å²) in [5.74, 6) is -7.05. The topological polar surface area (TPSA) is 310 Å². The first kappa shape index (κ1) is 72.1. The summed E-state index contributed by atoms with van der Waals surface area (Å²) in [4.78, 5) is 159. The lowest BCUT2D eigenvalue weighted by molar-refractivity contribution is -0.152. The Kier molecular flexibility index (Phi) is 26.5. The van der Waals surface area contributed by atoms with Crippen LogP contribution in [0.4, 0.5) is 4.79 Å². The minimum atomic E-state index is -1.90. The number of carbonyl (C=O) groups is 10. The van der Waals surface area contributed by atoms with Gasteiger partial charge in [-0.1, -0.05) is 94.5 Å². The second-order valence-corrected chi connectivity index (χ2v) is 27.4. The molecule has 91 heavy (non-hydrogen) atoms. The van der Waals surface area contributed by atoms with Crippen molar-refractivity contribution in [2.45, 2.75) is 166 Å². The second-order valence-electron chi connectivity index (χ2n) is 24.9. The third-order valence-corrected chi connectivity index (χ3v) is 15.0. The van der Waals surface area contributed by atoms with Crippen molar-refractivity contribution in [3.05, 3.63) is 107 Å². The van der Waals surface area contributed by atoms with E-state index < -0.39 is 112 Å². The number of aromatic nitrogens is 3. The predicted octanol–water partition coefficient (Wildman–Crippen LogP) is 6.53. The SMILES string of the molecule is CC(C)C[C@H](NC(=O)OC(C)(C)C)C(=O)N/C(=C\c1cccnc1)C(=O)N1CCC[C@H]1C(=O)N[C@@H](CC(C)C)C(=O)N/C(=C\c1cccnc1)C(=O)N1CCC[C@H]1C(=O)N[C@@H](CC(C)C)C(=O)N/C(=C\c1cccnc1)C(=O)N1CCC[C@H]1C(=O)OCC(Cl)(Cl)Cl. The highest BCUT2D eigenvalue weighted by Gasteiger charge is 2.42. The van der Waals surface area contributed by atoms with E-state index in [1.54, 1.807) is 63.4 Å². The van der Waals surface area contributed by atoms with Gasteiger partial charge in [-0.25, -0.2) is 9.59 Å². The Hall–Kier alpha value is -7.96. The van der Waals surface area contributed by atoms with E-state index in [9.17, 15) is 43.2 Å². The second kappa shape index (κ2) is 33.4. The lowest BCUT2D eigenvalue weighted by Crippen LogP contribution is -2.56. The van der Waals surface area contributed by atoms with E-state index in [2.05, 4.69) is 46.9 Å². The van der Waals surface area contributed by atoms with Crippen LogP contribution in [0.1, 0.15) is 137 Å². The van der Waals surface area contributed by atoms with Gasteiger partial charge in [0.2, 0.25) is 33.3 Å². The number of esters is 1. The fourth-order valence-corrected chi connectivity index (χ4v) is 10.8. The molecule has 0 unspecified atom stereocenters. The molecule has 3 fully saturated rings. The van der Waals surface area contributed by atoms with Gasteiger partial charge in [0.25, 0.3) is 17.7 Å². The number of ether oxygens (including phenoxy) is 2. The summed E-state index contributed by atoms with van der Waals surface area (Å²) in [5.41, 5.74) is -0.246. The Labute approximate surface area is 545 Å². The number of nitrogens with one attached hydrogen (secondary N) is 6. The summed E-state index contributed by atoms with van der Waals surface area (Å²) in [7, 11) is 0. The molecule has 3 aromatic heterocycles. The zero-order valence-corrected chi connectivity index (χ0v) is 55.0. The largest absolute Gasteiger partial charge is 0.460 e. The highest BCUT2D eigenvalue weighted by molar-refractivity contribution is 6.67. The number of alkyl carbamates (subject to hydrolysis) is 1. The van der Waals surface area contributed by atoms with Crippen LogP contribution in [0.15, 0.2) is 90.7 Å². The molecule has 3 aliphatic rings. The first-order valence-electron chi connectivity index (χ1n) is 30.5. The Balaban J connectivity index is 1.22. The molecular weight excluding hydrogens is 1240 g/mol. The standard InChI is InChI=1S/C64H83Cl3N12O12/c1-38(2)28-44(71-57(84)51-20-14-26-78(51)59(86)48(32-42-17-11-23-69-35-42)75-55(82)46(30-40(5)6)76-62(89)91-63(7,8)9)53(80)73-47(31-41-16-10-22-68-34-41)58(85)77-25-13-19-50(77)56(83)72-45(29-39(3)4)54(81)74-49(33-43-18-12-24-70-36-43)60(87)79-27-15-21-52(79)61(88)90-37-64(65,66)67/h10-12,16-18,22-24,31-36,38-40,44-46,50-52H,13-15,19-21,25-30,37H2,1-9H3,(H,71,84)(H,72,83)(H,73,80)(H,74,81)(H,75,82)(H,76,89)/b47-31-,48-32-,49-33-/t44-,45-,46-,50-,51-,52-/m0/s1. The average Bonchev–Trinajstić information content (AvgIpc) is 1.86. The van der Waals surface area contributed by atoms with Crippen LogP contribution in [0.3, 0.4) is 0 Å². The number of hydrogen-bond donors (Lipinski definition) is 6. The van der Waals surface area contributed by atoms with Crippen LogP contribution in [0.2, 0.25) is 0 Å². The number of halogens is 3. The zero-order valence-electron chi connectivity index (χ0n) is 52.8. The molecule has 0 aromatic carbocycles. The van der Waals surface area contributed by atoms with Crippen LogP contribution in [-0.2, 0) is 52.6 Å². The van der Waals surface area contributed by atoms with Crippen molar-refractivity contribution in [1.82, 2.24) is 61.6 Å². The van der Waals surface area contributed by atoms with Crippen molar-refractivity contribution in [3.63, 3.8) is 0 Å². The summed E-state index contributed by atoms with van der Waals surface area (Å²) in [6.45, 7) is 15.9. The molecule has 6 N–H and O–H groups in total. The van der Waals surface area contributed by atoms with Crippen LogP contribution in [0.5, 0.6) is 0 Å². The summed E-state index contributed by atoms with van der Waals surface area (Å²) in [6.07, 6.45) is 14.6. The molecule has 0 saturated carbocycles. The van der Waals surface area contributed by atoms with Crippen molar-refractivity contribution in [2.75, 3.05) is 26.2 Å². The minimum absolute atomic E-state index is 0.0693. The first-order valence-corrected chi connectivity index (χ1v) is 31.6. The molecule has 6 rings (SSSR count). The number of amides is 9. The van der Waals surface area contributed by atoms with Gasteiger partial charge in [0, 0.05) is 56.8 Å². The summed E-state index contributed by atoms with van der Waals surface area (Å²) < 4.78 is 8.78. The molecule has 6 heterocycles. The van der Waals surface area contributed by atoms with Gasteiger partial charge < -0.3 is 56.1 Å². The van der Waals surface area contributed by atoms with Crippen molar-refractivity contribution in [1.29, 1.82) is 0 Å². The fourth-order valence-electron chi connectivity index (χ4n) is 10.6. The quantitative estimate of drug-likeness (QED) is 0.0298. The van der Waals surface area contributed by atoms with Crippen molar-refractivity contribution >= 4 is 112 Å². The lowest BCUT2D eigenvalue weighted by atomic mass is 10.0. The molecule has 0 aliphatic carbocycles. The van der Waals surface area contributed by atoms with Gasteiger partial charge in [0.05, 0.1) is 0 Å². The van der Waals surface area contributed by atoms with E-state index in [0.29, 0.717) is 36.0 Å². The van der Waals surface area contributed by atoms with E-state index in [1.165, 1.54) is 63.9 Å². The van der Waals surface area contributed by atoms with Gasteiger partial charge in [0.15, 0.2) is 0 Å². The summed E-state index contributed by atoms with van der Waals surface area (Å²) >= 11 is 17.5. The smallest absolute Gasteiger partial charge is 0.408 e. The number of carbonyl (C=O) groups excluding carboxylic acids is 10. The number of pyridine rings is 3. The van der Waals surface area contributed by atoms with Crippen LogP contribution < -0.4 is 31.9 Å². The van der Waals surface area contributed by atoms with E-state index in [1.807, 2.05) is 41.5 Å². The molecular formula is C64H83Cl3N12O12. The monoisotopic (exact) mass is 1320 g/mol. The molecule has 3 aliphatic heterocycles. The Morgan fingerprint density at radius 2 is 0.857 bits per heavy atom. The molecule has 6 atom stereocenters. The summed E-state index contributed by atoms with van der Waals surface area (Å²) in [5, 5.41) is 16.5. The first-order chi connectivity index (χ1) is 43.0.